The number of halogens is 1. The molecule has 0 unspecified atom stereocenters. The van der Waals surface area contributed by atoms with Crippen molar-refractivity contribution in [2.24, 2.45) is 5.92 Å². The Morgan fingerprint density at radius 1 is 1.21 bits per heavy atom. The second-order valence-electron chi connectivity index (χ2n) is 6.57. The van der Waals surface area contributed by atoms with Crippen molar-refractivity contribution < 1.29 is 14.0 Å². The smallest absolute Gasteiger partial charge is 0.271 e. The number of benzene rings is 1. The highest BCUT2D eigenvalue weighted by Gasteiger charge is 2.29. The summed E-state index contributed by atoms with van der Waals surface area (Å²) in [7, 11) is 0. The third-order valence-electron chi connectivity index (χ3n) is 4.76. The standard InChI is InChI=1S/C19H18FN5O2S/c20-14-3-1-12(2-4-14)15-11-16(24-23-15)18(27)25-8-5-13(6-9-25)17(26)22-19-21-7-10-28-19/h1-4,7,10-11,13H,5-6,8-9H2,(H,23,24)(H,21,22,26). The van der Waals surface area contributed by atoms with Crippen LogP contribution in [0.5, 0.6) is 0 Å². The van der Waals surface area contributed by atoms with Gasteiger partial charge in [-0.05, 0) is 43.2 Å². The minimum atomic E-state index is -0.322. The van der Waals surface area contributed by atoms with Gasteiger partial charge >= 0.3 is 0 Å². The number of carbonyl (C=O) groups is 2. The van der Waals surface area contributed by atoms with Crippen molar-refractivity contribution in [3.63, 3.8) is 0 Å². The van der Waals surface area contributed by atoms with E-state index >= 15 is 0 Å². The summed E-state index contributed by atoms with van der Waals surface area (Å²) in [6.45, 7) is 0.999. The number of hydrogen-bond acceptors (Lipinski definition) is 5. The van der Waals surface area contributed by atoms with Crippen LogP contribution in [0.2, 0.25) is 0 Å². The van der Waals surface area contributed by atoms with Crippen LogP contribution in [0, 0.1) is 11.7 Å². The molecule has 0 spiro atoms. The van der Waals surface area contributed by atoms with E-state index in [2.05, 4.69) is 20.5 Å². The maximum atomic E-state index is 13.1. The Balaban J connectivity index is 1.35. The summed E-state index contributed by atoms with van der Waals surface area (Å²) in [6.07, 6.45) is 2.84. The molecule has 144 valence electrons. The van der Waals surface area contributed by atoms with Crippen LogP contribution < -0.4 is 5.32 Å². The molecule has 1 aliphatic rings. The quantitative estimate of drug-likeness (QED) is 0.705. The van der Waals surface area contributed by atoms with E-state index < -0.39 is 0 Å². The SMILES string of the molecule is O=C(Nc1nccs1)C1CCN(C(=O)c2cc(-c3ccc(F)cc3)n[nH]2)CC1. The highest BCUT2D eigenvalue weighted by atomic mass is 32.1. The number of aromatic nitrogens is 3. The topological polar surface area (TPSA) is 91.0 Å². The molecule has 2 amide bonds. The lowest BCUT2D eigenvalue weighted by atomic mass is 9.96. The van der Waals surface area contributed by atoms with Gasteiger partial charge in [0.1, 0.15) is 11.5 Å². The van der Waals surface area contributed by atoms with E-state index in [9.17, 15) is 14.0 Å². The van der Waals surface area contributed by atoms with Crippen LogP contribution >= 0.6 is 11.3 Å². The first kappa shape index (κ1) is 18.3. The van der Waals surface area contributed by atoms with Gasteiger partial charge in [-0.15, -0.1) is 11.3 Å². The fraction of sp³-hybridized carbons (Fsp3) is 0.263. The average Bonchev–Trinajstić information content (AvgIpc) is 3.40. The monoisotopic (exact) mass is 399 g/mol. The van der Waals surface area contributed by atoms with E-state index in [0.29, 0.717) is 42.5 Å². The summed E-state index contributed by atoms with van der Waals surface area (Å²) in [6, 6.07) is 7.61. The number of thiazole rings is 1. The Morgan fingerprint density at radius 2 is 1.96 bits per heavy atom. The van der Waals surface area contributed by atoms with Crippen LogP contribution in [0.3, 0.4) is 0 Å². The first-order chi connectivity index (χ1) is 13.6. The zero-order valence-electron chi connectivity index (χ0n) is 14.9. The molecule has 1 fully saturated rings. The number of amides is 2. The molecule has 0 atom stereocenters. The second kappa shape index (κ2) is 7.89. The van der Waals surface area contributed by atoms with Gasteiger partial charge in [-0.3, -0.25) is 14.7 Å². The Morgan fingerprint density at radius 3 is 2.64 bits per heavy atom. The Hall–Kier alpha value is -3.07. The lowest BCUT2D eigenvalue weighted by molar-refractivity contribution is -0.121. The van der Waals surface area contributed by atoms with Crippen molar-refractivity contribution in [3.8, 4) is 11.3 Å². The molecule has 1 aromatic carbocycles. The van der Waals surface area contributed by atoms with E-state index in [4.69, 9.17) is 0 Å². The highest BCUT2D eigenvalue weighted by Crippen LogP contribution is 2.23. The summed E-state index contributed by atoms with van der Waals surface area (Å²) < 4.78 is 13.1. The summed E-state index contributed by atoms with van der Waals surface area (Å²) in [4.78, 5) is 30.8. The number of rotatable bonds is 4. The molecule has 28 heavy (non-hydrogen) atoms. The van der Waals surface area contributed by atoms with Gasteiger partial charge in [0.25, 0.3) is 5.91 Å². The number of nitrogens with zero attached hydrogens (tertiary/aromatic N) is 3. The van der Waals surface area contributed by atoms with Crippen molar-refractivity contribution in [1.82, 2.24) is 20.1 Å². The van der Waals surface area contributed by atoms with Gasteiger partial charge in [-0.25, -0.2) is 9.37 Å². The Bertz CT molecular complexity index is 963. The fourth-order valence-corrected chi connectivity index (χ4v) is 3.74. The Kier molecular flexibility index (Phi) is 5.16. The van der Waals surface area contributed by atoms with Gasteiger partial charge in [0.2, 0.25) is 5.91 Å². The number of piperidine rings is 1. The predicted molar refractivity (Wildman–Crippen MR) is 103 cm³/mol. The second-order valence-corrected chi connectivity index (χ2v) is 7.46. The molecule has 2 N–H and O–H groups in total. The number of H-pyrrole nitrogens is 1. The van der Waals surface area contributed by atoms with Crippen LogP contribution in [-0.4, -0.2) is 45.0 Å². The number of nitrogens with one attached hydrogen (secondary N) is 2. The molecule has 7 nitrogen and oxygen atoms in total. The van der Waals surface area contributed by atoms with Crippen LogP contribution in [0.25, 0.3) is 11.3 Å². The summed E-state index contributed by atoms with van der Waals surface area (Å²) in [5.74, 6) is -0.663. The molecule has 0 radical (unpaired) electrons. The van der Waals surface area contributed by atoms with Crippen molar-refractivity contribution in [2.45, 2.75) is 12.8 Å². The van der Waals surface area contributed by atoms with E-state index in [1.807, 2.05) is 5.38 Å². The molecule has 1 aliphatic heterocycles. The zero-order valence-corrected chi connectivity index (χ0v) is 15.7. The molecule has 1 saturated heterocycles. The predicted octanol–water partition coefficient (Wildman–Crippen LogP) is 3.16. The van der Waals surface area contributed by atoms with Crippen LogP contribution in [0.4, 0.5) is 9.52 Å². The maximum Gasteiger partial charge on any atom is 0.271 e. The summed E-state index contributed by atoms with van der Waals surface area (Å²) in [5.41, 5.74) is 1.69. The van der Waals surface area contributed by atoms with Crippen molar-refractivity contribution >= 4 is 28.3 Å². The van der Waals surface area contributed by atoms with Gasteiger partial charge in [0.15, 0.2) is 5.13 Å². The van der Waals surface area contributed by atoms with E-state index in [1.54, 1.807) is 29.3 Å². The number of carbonyl (C=O) groups excluding carboxylic acids is 2. The minimum absolute atomic E-state index is 0.0535. The van der Waals surface area contributed by atoms with Crippen LogP contribution in [0.1, 0.15) is 23.3 Å². The van der Waals surface area contributed by atoms with Crippen LogP contribution in [0.15, 0.2) is 41.9 Å². The number of likely N-dealkylation sites (tertiary alicyclic amines) is 1. The molecule has 2 aromatic heterocycles. The maximum absolute atomic E-state index is 13.1. The average molecular weight is 399 g/mol. The van der Waals surface area contributed by atoms with Gasteiger partial charge in [0, 0.05) is 36.1 Å². The van der Waals surface area contributed by atoms with Gasteiger partial charge in [-0.2, -0.15) is 5.10 Å². The van der Waals surface area contributed by atoms with E-state index in [0.717, 1.165) is 5.56 Å². The molecule has 0 aliphatic carbocycles. The van der Waals surface area contributed by atoms with E-state index in [1.165, 1.54) is 23.5 Å². The lowest BCUT2D eigenvalue weighted by Crippen LogP contribution is -2.41. The molecule has 9 heteroatoms. The number of anilines is 1. The minimum Gasteiger partial charge on any atom is -0.337 e. The van der Waals surface area contributed by atoms with Crippen molar-refractivity contribution in [3.05, 3.63) is 53.4 Å². The van der Waals surface area contributed by atoms with Gasteiger partial charge in [0.05, 0.1) is 5.69 Å². The third-order valence-corrected chi connectivity index (χ3v) is 5.45. The van der Waals surface area contributed by atoms with Crippen LogP contribution in [-0.2, 0) is 4.79 Å². The molecule has 4 rings (SSSR count). The zero-order chi connectivity index (χ0) is 19.5. The Labute approximate surface area is 164 Å². The molecule has 3 aromatic rings. The van der Waals surface area contributed by atoms with Crippen molar-refractivity contribution in [1.29, 1.82) is 0 Å². The van der Waals surface area contributed by atoms with Crippen molar-refractivity contribution in [2.75, 3.05) is 18.4 Å². The molecule has 0 bridgehead atoms. The number of hydrogen-bond donors (Lipinski definition) is 2. The fourth-order valence-electron chi connectivity index (χ4n) is 3.21. The largest absolute Gasteiger partial charge is 0.337 e. The highest BCUT2D eigenvalue weighted by molar-refractivity contribution is 7.13. The first-order valence-electron chi connectivity index (χ1n) is 8.91. The van der Waals surface area contributed by atoms with Gasteiger partial charge < -0.3 is 10.2 Å². The first-order valence-corrected chi connectivity index (χ1v) is 9.79. The third kappa shape index (κ3) is 3.94. The van der Waals surface area contributed by atoms with Gasteiger partial charge in [-0.1, -0.05) is 0 Å². The van der Waals surface area contributed by atoms with E-state index in [-0.39, 0.29) is 23.5 Å². The molecule has 0 saturated carbocycles. The number of aromatic amines is 1. The summed E-state index contributed by atoms with van der Waals surface area (Å²) in [5, 5.41) is 12.1. The molecular weight excluding hydrogens is 381 g/mol. The normalized spacial score (nSPS) is 14.8. The molecule has 3 heterocycles. The lowest BCUT2D eigenvalue weighted by Gasteiger charge is -2.30. The molecular formula is C19H18FN5O2S. The summed E-state index contributed by atoms with van der Waals surface area (Å²) >= 11 is 1.38.